The van der Waals surface area contributed by atoms with Crippen molar-refractivity contribution < 1.29 is 30.8 Å². The number of halogens is 5. The first kappa shape index (κ1) is 28.8. The van der Waals surface area contributed by atoms with Gasteiger partial charge in [-0.1, -0.05) is 42.3 Å². The van der Waals surface area contributed by atoms with E-state index in [1.807, 2.05) is 0 Å². The Labute approximate surface area is 210 Å². The SMILES string of the molecule is CC(C)(F)C[C@H](NC(c1ccc(-c2ccc(S(C)(=O)=O)cc2)cc1)C(F)(F)F)C(=O)NCC#CBr. The third-order valence-electron chi connectivity index (χ3n) is 4.98. The number of nitrogens with one attached hydrogen (secondary N) is 2. The highest BCUT2D eigenvalue weighted by molar-refractivity contribution is 9.12. The van der Waals surface area contributed by atoms with Crippen molar-refractivity contribution in [2.45, 2.75) is 49.1 Å². The molecule has 0 aliphatic heterocycles. The first-order valence-electron chi connectivity index (χ1n) is 10.4. The highest BCUT2D eigenvalue weighted by Crippen LogP contribution is 2.35. The van der Waals surface area contributed by atoms with E-state index in [1.54, 1.807) is 12.1 Å². The fourth-order valence-electron chi connectivity index (χ4n) is 3.34. The van der Waals surface area contributed by atoms with Crippen molar-refractivity contribution in [2.75, 3.05) is 12.8 Å². The molecule has 2 atom stereocenters. The fourth-order valence-corrected chi connectivity index (χ4v) is 4.11. The van der Waals surface area contributed by atoms with Crippen LogP contribution in [0.1, 0.15) is 31.9 Å². The molecule has 0 saturated heterocycles. The summed E-state index contributed by atoms with van der Waals surface area (Å²) in [6, 6.07) is 7.70. The Kier molecular flexibility index (Phi) is 9.50. The molecular weight excluding hydrogens is 552 g/mol. The van der Waals surface area contributed by atoms with Crippen molar-refractivity contribution in [3.05, 3.63) is 54.1 Å². The molecule has 1 amide bonds. The Morgan fingerprint density at radius 2 is 1.51 bits per heavy atom. The maximum atomic E-state index is 14.3. The summed E-state index contributed by atoms with van der Waals surface area (Å²) in [4.78, 5) is 15.0. The van der Waals surface area contributed by atoms with Gasteiger partial charge in [0.2, 0.25) is 5.91 Å². The van der Waals surface area contributed by atoms with Gasteiger partial charge in [0.15, 0.2) is 9.84 Å². The lowest BCUT2D eigenvalue weighted by atomic mass is 9.96. The van der Waals surface area contributed by atoms with Crippen LogP contribution in [0, 0.1) is 10.8 Å². The third-order valence-corrected chi connectivity index (χ3v) is 6.39. The van der Waals surface area contributed by atoms with E-state index in [0.717, 1.165) is 6.26 Å². The lowest BCUT2D eigenvalue weighted by molar-refractivity contribution is -0.161. The van der Waals surface area contributed by atoms with Gasteiger partial charge in [-0.15, -0.1) is 0 Å². The Balaban J connectivity index is 2.33. The van der Waals surface area contributed by atoms with Crippen molar-refractivity contribution >= 4 is 31.7 Å². The van der Waals surface area contributed by atoms with Crippen LogP contribution in [0.4, 0.5) is 17.6 Å². The Hall–Kier alpha value is -2.42. The highest BCUT2D eigenvalue weighted by atomic mass is 79.9. The average Bonchev–Trinajstić information content (AvgIpc) is 2.75. The van der Waals surface area contributed by atoms with Gasteiger partial charge in [-0.2, -0.15) is 13.2 Å². The summed E-state index contributed by atoms with van der Waals surface area (Å²) in [6.07, 6.45) is -4.18. The van der Waals surface area contributed by atoms with Gasteiger partial charge in [0.1, 0.15) is 11.7 Å². The van der Waals surface area contributed by atoms with Crippen LogP contribution in [-0.2, 0) is 14.6 Å². The first-order valence-corrected chi connectivity index (χ1v) is 13.1. The van der Waals surface area contributed by atoms with E-state index in [9.17, 15) is 30.8 Å². The fraction of sp³-hybridized carbons (Fsp3) is 0.375. The molecule has 2 N–H and O–H groups in total. The molecule has 0 radical (unpaired) electrons. The van der Waals surface area contributed by atoms with Crippen LogP contribution in [0.3, 0.4) is 0 Å². The molecule has 11 heteroatoms. The van der Waals surface area contributed by atoms with Gasteiger partial charge >= 0.3 is 6.18 Å². The predicted octanol–water partition coefficient (Wildman–Crippen LogP) is 4.93. The molecule has 0 fully saturated rings. The molecule has 2 aromatic carbocycles. The van der Waals surface area contributed by atoms with Crippen LogP contribution < -0.4 is 10.6 Å². The summed E-state index contributed by atoms with van der Waals surface area (Å²) in [6.45, 7) is 2.25. The van der Waals surface area contributed by atoms with Crippen molar-refractivity contribution in [2.24, 2.45) is 0 Å². The van der Waals surface area contributed by atoms with Gasteiger partial charge in [-0.3, -0.25) is 10.1 Å². The summed E-state index contributed by atoms with van der Waals surface area (Å²) < 4.78 is 79.5. The van der Waals surface area contributed by atoms with Crippen LogP contribution in [0.15, 0.2) is 53.4 Å². The van der Waals surface area contributed by atoms with Crippen LogP contribution in [0.2, 0.25) is 0 Å². The van der Waals surface area contributed by atoms with Gasteiger partial charge in [0.05, 0.1) is 17.5 Å². The summed E-state index contributed by atoms with van der Waals surface area (Å²) in [5, 5.41) is 4.65. The molecule has 0 heterocycles. The molecule has 0 bridgehead atoms. The Bertz CT molecular complexity index is 1180. The van der Waals surface area contributed by atoms with E-state index in [-0.39, 0.29) is 17.0 Å². The van der Waals surface area contributed by atoms with Gasteiger partial charge in [0, 0.05) is 28.6 Å². The van der Waals surface area contributed by atoms with Crippen molar-refractivity contribution in [1.29, 1.82) is 0 Å². The summed E-state index contributed by atoms with van der Waals surface area (Å²) in [5.74, 6) is 1.70. The number of hydrogen-bond donors (Lipinski definition) is 2. The van der Waals surface area contributed by atoms with Gasteiger partial charge < -0.3 is 5.32 Å². The van der Waals surface area contributed by atoms with Crippen molar-refractivity contribution in [3.63, 3.8) is 0 Å². The Morgan fingerprint density at radius 3 is 1.94 bits per heavy atom. The normalized spacial score (nSPS) is 13.9. The van der Waals surface area contributed by atoms with Gasteiger partial charge in [-0.05, 0) is 47.5 Å². The quantitative estimate of drug-likeness (QED) is 0.328. The topological polar surface area (TPSA) is 75.3 Å². The minimum atomic E-state index is -4.77. The second-order valence-corrected chi connectivity index (χ2v) is 10.9. The molecule has 1 unspecified atom stereocenters. The first-order chi connectivity index (χ1) is 16.1. The standard InChI is InChI=1S/C24H25BrF4N2O3S/c1-23(2,26)15-20(22(32)30-14-4-13-25)31-21(24(27,28)29)18-7-5-16(6-8-18)17-9-11-19(12-10-17)35(3,33)34/h5-12,20-21,31H,14-15H2,1-3H3,(H,30,32)/t20-,21?/m0/s1. The van der Waals surface area contributed by atoms with Crippen LogP contribution in [-0.4, -0.2) is 45.0 Å². The zero-order valence-electron chi connectivity index (χ0n) is 19.2. The molecule has 190 valence electrons. The number of carbonyl (C=O) groups is 1. The molecule has 35 heavy (non-hydrogen) atoms. The Morgan fingerprint density at radius 1 is 1.00 bits per heavy atom. The van der Waals surface area contributed by atoms with Gasteiger partial charge in [-0.25, -0.2) is 12.8 Å². The van der Waals surface area contributed by atoms with Crippen LogP contribution >= 0.6 is 15.9 Å². The van der Waals surface area contributed by atoms with E-state index >= 15 is 0 Å². The summed E-state index contributed by atoms with van der Waals surface area (Å²) in [7, 11) is -3.38. The number of sulfone groups is 1. The van der Waals surface area contributed by atoms with E-state index in [4.69, 9.17) is 0 Å². The number of alkyl halides is 4. The zero-order chi connectivity index (χ0) is 26.4. The zero-order valence-corrected chi connectivity index (χ0v) is 21.6. The molecule has 0 aliphatic carbocycles. The van der Waals surface area contributed by atoms with Crippen molar-refractivity contribution in [3.8, 4) is 21.9 Å². The molecule has 5 nitrogen and oxygen atoms in total. The number of hydrogen-bond acceptors (Lipinski definition) is 4. The maximum absolute atomic E-state index is 14.3. The van der Waals surface area contributed by atoms with E-state index < -0.39 is 46.1 Å². The molecule has 0 saturated carbocycles. The smallest absolute Gasteiger partial charge is 0.344 e. The monoisotopic (exact) mass is 576 g/mol. The average molecular weight is 577 g/mol. The molecule has 0 spiro atoms. The minimum absolute atomic E-state index is 0.113. The van der Waals surface area contributed by atoms with Crippen molar-refractivity contribution in [1.82, 2.24) is 10.6 Å². The number of rotatable bonds is 9. The second-order valence-electron chi connectivity index (χ2n) is 8.52. The molecular formula is C24H25BrF4N2O3S. The number of carbonyl (C=O) groups excluding carboxylic acids is 1. The summed E-state index contributed by atoms with van der Waals surface area (Å²) >= 11 is 2.85. The summed E-state index contributed by atoms with van der Waals surface area (Å²) in [5.41, 5.74) is -0.885. The molecule has 2 rings (SSSR count). The van der Waals surface area contributed by atoms with Crippen LogP contribution in [0.25, 0.3) is 11.1 Å². The molecule has 0 aromatic heterocycles. The van der Waals surface area contributed by atoms with Crippen LogP contribution in [0.5, 0.6) is 0 Å². The maximum Gasteiger partial charge on any atom is 0.407 e. The van der Waals surface area contributed by atoms with E-state index in [0.29, 0.717) is 11.1 Å². The lowest BCUT2D eigenvalue weighted by Crippen LogP contribution is -2.51. The predicted molar refractivity (Wildman–Crippen MR) is 130 cm³/mol. The highest BCUT2D eigenvalue weighted by Gasteiger charge is 2.43. The largest absolute Gasteiger partial charge is 0.407 e. The molecule has 0 aliphatic rings. The van der Waals surface area contributed by atoms with E-state index in [2.05, 4.69) is 37.3 Å². The number of amides is 1. The lowest BCUT2D eigenvalue weighted by Gasteiger charge is -2.29. The third kappa shape index (κ3) is 8.94. The van der Waals surface area contributed by atoms with E-state index in [1.165, 1.54) is 50.2 Å². The second kappa shape index (κ2) is 11.5. The number of benzene rings is 2. The van der Waals surface area contributed by atoms with Gasteiger partial charge in [0.25, 0.3) is 0 Å². The molecule has 2 aromatic rings. The minimum Gasteiger partial charge on any atom is -0.344 e.